The number of amides is 1. The summed E-state index contributed by atoms with van der Waals surface area (Å²) in [7, 11) is 0. The third-order valence-electron chi connectivity index (χ3n) is 6.08. The molecule has 2 aromatic rings. The van der Waals surface area contributed by atoms with Crippen molar-refractivity contribution < 1.29 is 4.79 Å². The minimum absolute atomic E-state index is 0.0426. The van der Waals surface area contributed by atoms with Gasteiger partial charge in [-0.2, -0.15) is 5.10 Å². The fourth-order valence-electron chi connectivity index (χ4n) is 4.46. The Kier molecular flexibility index (Phi) is 6.33. The Labute approximate surface area is 172 Å². The van der Waals surface area contributed by atoms with Crippen LogP contribution in [0.3, 0.4) is 0 Å². The van der Waals surface area contributed by atoms with Gasteiger partial charge in [0.2, 0.25) is 0 Å². The summed E-state index contributed by atoms with van der Waals surface area (Å²) >= 11 is 6.04. The molecule has 1 N–H and O–H groups in total. The van der Waals surface area contributed by atoms with E-state index in [1.54, 1.807) is 17.1 Å². The van der Waals surface area contributed by atoms with Crippen molar-refractivity contribution in [2.75, 3.05) is 19.6 Å². The van der Waals surface area contributed by atoms with Gasteiger partial charge in [-0.15, -0.1) is 0 Å². The Morgan fingerprint density at radius 2 is 1.93 bits per heavy atom. The Hall–Kier alpha value is -1.85. The topological polar surface area (TPSA) is 50.2 Å². The van der Waals surface area contributed by atoms with Gasteiger partial charge in [-0.3, -0.25) is 4.79 Å². The Morgan fingerprint density at radius 3 is 2.68 bits per heavy atom. The monoisotopic (exact) mass is 400 g/mol. The molecule has 0 spiro atoms. The summed E-state index contributed by atoms with van der Waals surface area (Å²) in [5.74, 6) is 0.844. The normalized spacial score (nSPS) is 19.6. The zero-order chi connectivity index (χ0) is 19.3. The van der Waals surface area contributed by atoms with Crippen LogP contribution in [0.4, 0.5) is 0 Å². The maximum Gasteiger partial charge on any atom is 0.254 e. The third-order valence-corrected chi connectivity index (χ3v) is 6.32. The molecule has 4 rings (SSSR count). The Morgan fingerprint density at radius 1 is 1.14 bits per heavy atom. The first-order chi connectivity index (χ1) is 13.7. The smallest absolute Gasteiger partial charge is 0.254 e. The summed E-state index contributed by atoms with van der Waals surface area (Å²) in [5.41, 5.74) is 1.44. The van der Waals surface area contributed by atoms with E-state index in [1.807, 2.05) is 24.3 Å². The fourth-order valence-corrected chi connectivity index (χ4v) is 4.65. The largest absolute Gasteiger partial charge is 0.349 e. The molecule has 2 heterocycles. The van der Waals surface area contributed by atoms with Crippen molar-refractivity contribution in [3.63, 3.8) is 0 Å². The van der Waals surface area contributed by atoms with Crippen LogP contribution in [-0.2, 0) is 0 Å². The molecule has 6 heteroatoms. The molecule has 1 aromatic carbocycles. The van der Waals surface area contributed by atoms with Gasteiger partial charge in [0.25, 0.3) is 5.91 Å². The van der Waals surface area contributed by atoms with Gasteiger partial charge >= 0.3 is 0 Å². The number of piperidine rings is 1. The number of nitrogens with one attached hydrogen (secondary N) is 1. The first kappa shape index (κ1) is 19.5. The van der Waals surface area contributed by atoms with Crippen molar-refractivity contribution >= 4 is 17.5 Å². The average Bonchev–Trinajstić information content (AvgIpc) is 3.21. The highest BCUT2D eigenvalue weighted by Gasteiger charge is 2.24. The van der Waals surface area contributed by atoms with E-state index in [-0.39, 0.29) is 11.9 Å². The summed E-state index contributed by atoms with van der Waals surface area (Å²) < 4.78 is 1.69. The van der Waals surface area contributed by atoms with Crippen molar-refractivity contribution in [3.05, 3.63) is 47.2 Å². The minimum Gasteiger partial charge on any atom is -0.349 e. The van der Waals surface area contributed by atoms with Gasteiger partial charge in [0.1, 0.15) is 0 Å². The lowest BCUT2D eigenvalue weighted by Gasteiger charge is -2.35. The highest BCUT2D eigenvalue weighted by atomic mass is 35.5. The van der Waals surface area contributed by atoms with Gasteiger partial charge in [0.15, 0.2) is 0 Å². The molecule has 150 valence electrons. The van der Waals surface area contributed by atoms with Crippen LogP contribution in [0.2, 0.25) is 5.02 Å². The molecule has 1 aliphatic heterocycles. The van der Waals surface area contributed by atoms with Crippen LogP contribution >= 0.6 is 11.6 Å². The van der Waals surface area contributed by atoms with Crippen molar-refractivity contribution in [1.82, 2.24) is 20.0 Å². The first-order valence-corrected chi connectivity index (χ1v) is 10.9. The highest BCUT2D eigenvalue weighted by molar-refractivity contribution is 6.30. The highest BCUT2D eigenvalue weighted by Crippen LogP contribution is 2.25. The molecular formula is C22H29ClN4O. The van der Waals surface area contributed by atoms with Crippen LogP contribution in [0.5, 0.6) is 0 Å². The standard InChI is InChI=1S/C22H29ClN4O/c23-19-7-4-8-21(13-19)27-16-18(14-24-27)22(28)25-20-9-11-26(12-10-20)15-17-5-2-1-3-6-17/h4,7-8,13-14,16-17,20H,1-3,5-6,9-12,15H2,(H,25,28). The summed E-state index contributed by atoms with van der Waals surface area (Å²) in [5, 5.41) is 8.15. The molecule has 1 aromatic heterocycles. The van der Waals surface area contributed by atoms with Crippen LogP contribution in [0, 0.1) is 5.92 Å². The van der Waals surface area contributed by atoms with Gasteiger partial charge in [-0.1, -0.05) is 36.9 Å². The molecule has 1 saturated heterocycles. The fraction of sp³-hybridized carbons (Fsp3) is 0.545. The molecule has 28 heavy (non-hydrogen) atoms. The van der Waals surface area contributed by atoms with Crippen molar-refractivity contribution in [2.24, 2.45) is 5.92 Å². The number of carbonyl (C=O) groups excluding carboxylic acids is 1. The lowest BCUT2D eigenvalue weighted by atomic mass is 9.88. The van der Waals surface area contributed by atoms with E-state index in [0.717, 1.165) is 37.5 Å². The zero-order valence-electron chi connectivity index (χ0n) is 16.3. The average molecular weight is 401 g/mol. The summed E-state index contributed by atoms with van der Waals surface area (Å²) in [6.07, 6.45) is 12.5. The molecular weight excluding hydrogens is 372 g/mol. The van der Waals surface area contributed by atoms with Crippen LogP contribution in [0.1, 0.15) is 55.3 Å². The van der Waals surface area contributed by atoms with Crippen LogP contribution in [-0.4, -0.2) is 46.3 Å². The lowest BCUT2D eigenvalue weighted by molar-refractivity contribution is 0.0901. The van der Waals surface area contributed by atoms with Gasteiger partial charge < -0.3 is 10.2 Å². The predicted octanol–water partition coefficient (Wildman–Crippen LogP) is 4.30. The summed E-state index contributed by atoms with van der Waals surface area (Å²) in [6, 6.07) is 7.70. The molecule has 0 bridgehead atoms. The molecule has 0 unspecified atom stereocenters. The van der Waals surface area contributed by atoms with Crippen molar-refractivity contribution in [2.45, 2.75) is 51.0 Å². The number of halogens is 1. The number of benzene rings is 1. The van der Waals surface area contributed by atoms with E-state index in [2.05, 4.69) is 15.3 Å². The second-order valence-corrected chi connectivity index (χ2v) is 8.64. The predicted molar refractivity (Wildman–Crippen MR) is 112 cm³/mol. The molecule has 1 saturated carbocycles. The zero-order valence-corrected chi connectivity index (χ0v) is 17.1. The summed E-state index contributed by atoms with van der Waals surface area (Å²) in [4.78, 5) is 15.2. The second kappa shape index (κ2) is 9.10. The molecule has 1 aliphatic carbocycles. The molecule has 2 aliphatic rings. The van der Waals surface area contributed by atoms with Gasteiger partial charge in [-0.25, -0.2) is 4.68 Å². The first-order valence-electron chi connectivity index (χ1n) is 10.5. The second-order valence-electron chi connectivity index (χ2n) is 8.21. The van der Waals surface area contributed by atoms with Gasteiger partial charge in [-0.05, 0) is 49.8 Å². The number of nitrogens with zero attached hydrogens (tertiary/aromatic N) is 3. The molecule has 1 amide bonds. The maximum atomic E-state index is 12.6. The molecule has 0 atom stereocenters. The van der Waals surface area contributed by atoms with Crippen molar-refractivity contribution in [3.8, 4) is 5.69 Å². The number of hydrogen-bond acceptors (Lipinski definition) is 3. The van der Waals surface area contributed by atoms with E-state index in [0.29, 0.717) is 10.6 Å². The number of hydrogen-bond donors (Lipinski definition) is 1. The maximum absolute atomic E-state index is 12.6. The lowest BCUT2D eigenvalue weighted by Crippen LogP contribution is -2.45. The summed E-state index contributed by atoms with van der Waals surface area (Å²) in [6.45, 7) is 3.42. The molecule has 5 nitrogen and oxygen atoms in total. The van der Waals surface area contributed by atoms with E-state index in [1.165, 1.54) is 38.6 Å². The molecule has 0 radical (unpaired) electrons. The van der Waals surface area contributed by atoms with Gasteiger partial charge in [0, 0.05) is 36.9 Å². The van der Waals surface area contributed by atoms with E-state index < -0.39 is 0 Å². The van der Waals surface area contributed by atoms with E-state index in [9.17, 15) is 4.79 Å². The van der Waals surface area contributed by atoms with E-state index in [4.69, 9.17) is 11.6 Å². The number of rotatable bonds is 5. The van der Waals surface area contributed by atoms with Crippen LogP contribution < -0.4 is 5.32 Å². The van der Waals surface area contributed by atoms with E-state index >= 15 is 0 Å². The number of carbonyl (C=O) groups is 1. The Bertz CT molecular complexity index is 791. The van der Waals surface area contributed by atoms with Crippen LogP contribution in [0.25, 0.3) is 5.69 Å². The Balaban J connectivity index is 1.27. The SMILES string of the molecule is O=C(NC1CCN(CC2CCCCC2)CC1)c1cnn(-c2cccc(Cl)c2)c1. The third kappa shape index (κ3) is 4.95. The quantitative estimate of drug-likeness (QED) is 0.813. The van der Waals surface area contributed by atoms with Crippen LogP contribution in [0.15, 0.2) is 36.7 Å². The van der Waals surface area contributed by atoms with Gasteiger partial charge in [0.05, 0.1) is 17.4 Å². The number of likely N-dealkylation sites (tertiary alicyclic amines) is 1. The molecule has 2 fully saturated rings. The number of aromatic nitrogens is 2. The van der Waals surface area contributed by atoms with Crippen molar-refractivity contribution in [1.29, 1.82) is 0 Å². The minimum atomic E-state index is -0.0426.